The van der Waals surface area contributed by atoms with Crippen molar-refractivity contribution < 1.29 is 39.4 Å². The predicted molar refractivity (Wildman–Crippen MR) is 183 cm³/mol. The predicted octanol–water partition coefficient (Wildman–Crippen LogP) is 6.01. The topological polar surface area (TPSA) is 157 Å². The van der Waals surface area contributed by atoms with Gasteiger partial charge >= 0.3 is 0 Å². The highest BCUT2D eigenvalue weighted by atomic mass is 16.5. The zero-order chi connectivity index (χ0) is 34.5. The molecule has 11 heteroatoms. The van der Waals surface area contributed by atoms with Gasteiger partial charge in [0.1, 0.15) is 48.4 Å². The molecule has 4 rings (SSSR count). The van der Waals surface area contributed by atoms with Crippen molar-refractivity contribution in [2.45, 2.75) is 65.6 Å². The van der Waals surface area contributed by atoms with Gasteiger partial charge in [0.2, 0.25) is 0 Å². The highest BCUT2D eigenvalue weighted by Gasteiger charge is 2.19. The molecule has 1 aromatic heterocycles. The first-order chi connectivity index (χ1) is 23.2. The first-order valence-corrected chi connectivity index (χ1v) is 16.5. The number of aliphatic hydroxyl groups excluding tert-OH is 2. The van der Waals surface area contributed by atoms with Crippen LogP contribution in [0.15, 0.2) is 54.6 Å². The second-order valence-corrected chi connectivity index (χ2v) is 11.8. The summed E-state index contributed by atoms with van der Waals surface area (Å²) in [6.07, 6.45) is 2.25. The fourth-order valence-corrected chi connectivity index (χ4v) is 4.80. The molecule has 0 saturated carbocycles. The molecule has 0 aliphatic heterocycles. The fraction of sp³-hybridized carbons (Fsp3) is 0.432. The molecule has 258 valence electrons. The average molecular weight is 662 g/mol. The summed E-state index contributed by atoms with van der Waals surface area (Å²) in [5.74, 6) is 1.20. The number of hydrogen-bond donors (Lipinski definition) is 4. The van der Waals surface area contributed by atoms with Gasteiger partial charge in [-0.05, 0) is 56.5 Å². The summed E-state index contributed by atoms with van der Waals surface area (Å²) < 4.78 is 22.3. The van der Waals surface area contributed by atoms with Gasteiger partial charge < -0.3 is 39.4 Å². The maximum atomic E-state index is 11.0. The van der Waals surface area contributed by atoms with Crippen LogP contribution in [0.4, 0.5) is 0 Å². The SMILES string of the molecule is CCCCOCC(O)COc1ccc(-c2nc(-c3ccc(C)cc3C)nc(-c3ccc(OCC(O)COCCCC)cc3O)n2)c(O)c1. The molecule has 3 aromatic carbocycles. The van der Waals surface area contributed by atoms with Crippen LogP contribution in [0.25, 0.3) is 34.2 Å². The molecule has 2 unspecified atom stereocenters. The van der Waals surface area contributed by atoms with E-state index in [0.29, 0.717) is 41.7 Å². The summed E-state index contributed by atoms with van der Waals surface area (Å²) in [6, 6.07) is 15.4. The van der Waals surface area contributed by atoms with Crippen LogP contribution >= 0.6 is 0 Å². The Bertz CT molecular complexity index is 1530. The van der Waals surface area contributed by atoms with E-state index in [4.69, 9.17) is 28.9 Å². The largest absolute Gasteiger partial charge is 0.507 e. The van der Waals surface area contributed by atoms with Crippen molar-refractivity contribution in [3.8, 4) is 57.2 Å². The summed E-state index contributed by atoms with van der Waals surface area (Å²) >= 11 is 0. The fourth-order valence-electron chi connectivity index (χ4n) is 4.80. The van der Waals surface area contributed by atoms with Crippen LogP contribution in [0.5, 0.6) is 23.0 Å². The Balaban J connectivity index is 1.58. The molecule has 48 heavy (non-hydrogen) atoms. The van der Waals surface area contributed by atoms with Gasteiger partial charge in [0.15, 0.2) is 17.5 Å². The Morgan fingerprint density at radius 2 is 1.02 bits per heavy atom. The number of phenols is 2. The van der Waals surface area contributed by atoms with E-state index in [0.717, 1.165) is 42.4 Å². The first-order valence-electron chi connectivity index (χ1n) is 16.5. The van der Waals surface area contributed by atoms with Crippen molar-refractivity contribution in [3.05, 3.63) is 65.7 Å². The maximum Gasteiger partial charge on any atom is 0.167 e. The van der Waals surface area contributed by atoms with E-state index in [9.17, 15) is 20.4 Å². The summed E-state index contributed by atoms with van der Waals surface area (Å²) in [7, 11) is 0. The third-order valence-corrected chi connectivity index (χ3v) is 7.47. The molecule has 4 aromatic rings. The molecule has 0 spiro atoms. The van der Waals surface area contributed by atoms with Crippen molar-refractivity contribution in [1.82, 2.24) is 15.0 Å². The van der Waals surface area contributed by atoms with E-state index >= 15 is 0 Å². The number of aryl methyl sites for hydroxylation is 2. The highest BCUT2D eigenvalue weighted by Crippen LogP contribution is 2.36. The molecule has 2 atom stereocenters. The van der Waals surface area contributed by atoms with Crippen LogP contribution in [-0.2, 0) is 9.47 Å². The van der Waals surface area contributed by atoms with Crippen molar-refractivity contribution in [3.63, 3.8) is 0 Å². The number of phenolic OH excluding ortho intramolecular Hbond substituents is 2. The van der Waals surface area contributed by atoms with Crippen LogP contribution < -0.4 is 9.47 Å². The molecule has 0 fully saturated rings. The third kappa shape index (κ3) is 10.6. The normalized spacial score (nSPS) is 12.5. The van der Waals surface area contributed by atoms with Gasteiger partial charge in [0.25, 0.3) is 0 Å². The van der Waals surface area contributed by atoms with E-state index < -0.39 is 12.2 Å². The standard InChI is InChI=1S/C37H47N3O8/c1-5-7-15-45-20-26(41)22-47-28-10-13-31(33(43)18-28)36-38-35(30-12-9-24(3)17-25(30)4)39-37(40-36)32-14-11-29(19-34(32)44)48-23-27(42)21-46-16-8-6-2/h9-14,17-19,26-27,41-44H,5-8,15-16,20-23H2,1-4H3. The number of hydrogen-bond acceptors (Lipinski definition) is 11. The lowest BCUT2D eigenvalue weighted by Crippen LogP contribution is -2.23. The van der Waals surface area contributed by atoms with Crippen molar-refractivity contribution >= 4 is 0 Å². The van der Waals surface area contributed by atoms with Crippen LogP contribution in [0.2, 0.25) is 0 Å². The second kappa shape index (κ2) is 18.3. The number of unbranched alkanes of at least 4 members (excludes halogenated alkanes) is 2. The Hall–Kier alpha value is -4.29. The van der Waals surface area contributed by atoms with Crippen LogP contribution in [0.1, 0.15) is 50.7 Å². The Kier molecular flexibility index (Phi) is 13.9. The van der Waals surface area contributed by atoms with Crippen LogP contribution in [-0.4, -0.2) is 87.2 Å². The van der Waals surface area contributed by atoms with Gasteiger partial charge in [0, 0.05) is 30.9 Å². The zero-order valence-corrected chi connectivity index (χ0v) is 28.2. The highest BCUT2D eigenvalue weighted by molar-refractivity contribution is 5.73. The van der Waals surface area contributed by atoms with Crippen LogP contribution in [0, 0.1) is 13.8 Å². The lowest BCUT2D eigenvalue weighted by atomic mass is 10.0. The summed E-state index contributed by atoms with van der Waals surface area (Å²) in [5, 5.41) is 42.4. The number of aliphatic hydroxyl groups is 2. The minimum absolute atomic E-state index is 0.00233. The van der Waals surface area contributed by atoms with Gasteiger partial charge in [-0.15, -0.1) is 0 Å². The van der Waals surface area contributed by atoms with E-state index in [1.54, 1.807) is 24.3 Å². The maximum absolute atomic E-state index is 11.0. The van der Waals surface area contributed by atoms with Gasteiger partial charge in [-0.3, -0.25) is 0 Å². The van der Waals surface area contributed by atoms with Crippen molar-refractivity contribution in [2.24, 2.45) is 0 Å². The molecular weight excluding hydrogens is 614 g/mol. The minimum Gasteiger partial charge on any atom is -0.507 e. The van der Waals surface area contributed by atoms with Gasteiger partial charge in [-0.1, -0.05) is 50.5 Å². The number of aromatic nitrogens is 3. The molecule has 0 bridgehead atoms. The Labute approximate surface area is 282 Å². The molecule has 4 N–H and O–H groups in total. The molecule has 0 saturated heterocycles. The van der Waals surface area contributed by atoms with Crippen molar-refractivity contribution in [2.75, 3.05) is 39.6 Å². The number of aromatic hydroxyl groups is 2. The molecule has 0 radical (unpaired) electrons. The minimum atomic E-state index is -0.811. The van der Waals surface area contributed by atoms with Gasteiger partial charge in [-0.2, -0.15) is 0 Å². The second-order valence-electron chi connectivity index (χ2n) is 11.8. The molecule has 0 amide bonds. The van der Waals surface area contributed by atoms with E-state index in [-0.39, 0.29) is 49.6 Å². The molecule has 0 aliphatic carbocycles. The molecular formula is C37H47N3O8. The summed E-state index contributed by atoms with van der Waals surface area (Å²) in [5.41, 5.74) is 3.47. The molecule has 11 nitrogen and oxygen atoms in total. The van der Waals surface area contributed by atoms with E-state index in [1.165, 1.54) is 12.1 Å². The Morgan fingerprint density at radius 3 is 1.44 bits per heavy atom. The molecule has 0 aliphatic rings. The lowest BCUT2D eigenvalue weighted by Gasteiger charge is -2.15. The number of nitrogens with zero attached hydrogens (tertiary/aromatic N) is 3. The smallest absolute Gasteiger partial charge is 0.167 e. The number of rotatable bonds is 19. The summed E-state index contributed by atoms with van der Waals surface area (Å²) in [4.78, 5) is 14.1. The monoisotopic (exact) mass is 661 g/mol. The third-order valence-electron chi connectivity index (χ3n) is 7.47. The summed E-state index contributed by atoms with van der Waals surface area (Å²) in [6.45, 7) is 9.59. The van der Waals surface area contributed by atoms with Crippen molar-refractivity contribution in [1.29, 1.82) is 0 Å². The molecule has 1 heterocycles. The van der Waals surface area contributed by atoms with Gasteiger partial charge in [-0.25, -0.2) is 15.0 Å². The van der Waals surface area contributed by atoms with Crippen LogP contribution in [0.3, 0.4) is 0 Å². The first kappa shape index (κ1) is 36.5. The quantitative estimate of drug-likeness (QED) is 0.0873. The van der Waals surface area contributed by atoms with Gasteiger partial charge in [0.05, 0.1) is 24.3 Å². The number of ether oxygens (including phenoxy) is 4. The van der Waals surface area contributed by atoms with E-state index in [2.05, 4.69) is 18.8 Å². The van der Waals surface area contributed by atoms with E-state index in [1.807, 2.05) is 32.0 Å². The average Bonchev–Trinajstić information content (AvgIpc) is 3.06. The Morgan fingerprint density at radius 1 is 0.583 bits per heavy atom. The lowest BCUT2D eigenvalue weighted by molar-refractivity contribution is 0.0113. The zero-order valence-electron chi connectivity index (χ0n) is 28.2. The number of benzene rings is 3.